The van der Waals surface area contributed by atoms with Crippen molar-refractivity contribution in [1.82, 2.24) is 0 Å². The van der Waals surface area contributed by atoms with Gasteiger partial charge in [-0.05, 0) is 55.5 Å². The molecule has 0 spiro atoms. The van der Waals surface area contributed by atoms with Crippen LogP contribution in [0.1, 0.15) is 27.6 Å². The maximum absolute atomic E-state index is 12.3. The van der Waals surface area contributed by atoms with Crippen molar-refractivity contribution in [2.24, 2.45) is 0 Å². The van der Waals surface area contributed by atoms with Crippen molar-refractivity contribution in [3.05, 3.63) is 88.9 Å². The van der Waals surface area contributed by atoms with Crippen molar-refractivity contribution in [1.29, 1.82) is 0 Å². The summed E-state index contributed by atoms with van der Waals surface area (Å²) in [6.45, 7) is 1.54. The summed E-state index contributed by atoms with van der Waals surface area (Å²) in [7, 11) is 0. The van der Waals surface area contributed by atoms with Crippen LogP contribution in [0.15, 0.2) is 72.8 Å². The van der Waals surface area contributed by atoms with E-state index in [0.29, 0.717) is 21.8 Å². The number of amides is 1. The number of hydrogen-bond donors (Lipinski definition) is 2. The van der Waals surface area contributed by atoms with E-state index in [2.05, 4.69) is 10.6 Å². The minimum atomic E-state index is -0.259. The van der Waals surface area contributed by atoms with Gasteiger partial charge in [0.2, 0.25) is 0 Å². The van der Waals surface area contributed by atoms with E-state index < -0.39 is 0 Å². The first kappa shape index (κ1) is 17.7. The molecule has 0 radical (unpaired) electrons. The van der Waals surface area contributed by atoms with Crippen LogP contribution in [0.5, 0.6) is 0 Å². The third-order valence-corrected chi connectivity index (χ3v) is 4.15. The Bertz CT molecular complexity index is 952. The van der Waals surface area contributed by atoms with Gasteiger partial charge in [0.05, 0.1) is 10.6 Å². The van der Waals surface area contributed by atoms with Gasteiger partial charge >= 0.3 is 0 Å². The van der Waals surface area contributed by atoms with E-state index in [1.807, 2.05) is 24.3 Å². The third kappa shape index (κ3) is 4.29. The first-order chi connectivity index (χ1) is 12.5. The molecule has 0 heterocycles. The molecule has 26 heavy (non-hydrogen) atoms. The Morgan fingerprint density at radius 2 is 1.50 bits per heavy atom. The molecule has 130 valence electrons. The van der Waals surface area contributed by atoms with E-state index >= 15 is 0 Å². The Morgan fingerprint density at radius 1 is 0.808 bits per heavy atom. The topological polar surface area (TPSA) is 58.2 Å². The van der Waals surface area contributed by atoms with E-state index in [1.165, 1.54) is 6.92 Å². The van der Waals surface area contributed by atoms with Gasteiger partial charge in [0, 0.05) is 22.6 Å². The number of anilines is 3. The Morgan fingerprint density at radius 3 is 2.19 bits per heavy atom. The van der Waals surface area contributed by atoms with Crippen molar-refractivity contribution >= 4 is 40.4 Å². The Hall–Kier alpha value is -3.11. The lowest BCUT2D eigenvalue weighted by atomic mass is 10.1. The first-order valence-corrected chi connectivity index (χ1v) is 8.45. The summed E-state index contributed by atoms with van der Waals surface area (Å²) in [5.41, 5.74) is 3.42. The molecule has 0 aromatic heterocycles. The van der Waals surface area contributed by atoms with Crippen molar-refractivity contribution in [3.8, 4) is 0 Å². The van der Waals surface area contributed by atoms with E-state index in [0.717, 1.165) is 11.4 Å². The second-order valence-electron chi connectivity index (χ2n) is 5.77. The molecule has 3 aromatic carbocycles. The second kappa shape index (κ2) is 7.85. The molecule has 5 heteroatoms. The normalized spacial score (nSPS) is 10.2. The zero-order valence-corrected chi connectivity index (χ0v) is 14.9. The van der Waals surface area contributed by atoms with Crippen molar-refractivity contribution in [2.45, 2.75) is 6.92 Å². The Balaban J connectivity index is 1.69. The van der Waals surface area contributed by atoms with Gasteiger partial charge in [0.25, 0.3) is 5.91 Å². The summed E-state index contributed by atoms with van der Waals surface area (Å²) in [6.07, 6.45) is 0. The minimum Gasteiger partial charge on any atom is -0.356 e. The molecular weight excluding hydrogens is 348 g/mol. The van der Waals surface area contributed by atoms with Crippen molar-refractivity contribution in [2.75, 3.05) is 10.6 Å². The number of hydrogen-bond acceptors (Lipinski definition) is 3. The summed E-state index contributed by atoms with van der Waals surface area (Å²) in [5, 5.41) is 6.46. The van der Waals surface area contributed by atoms with Gasteiger partial charge in [-0.1, -0.05) is 35.9 Å². The van der Waals surface area contributed by atoms with Crippen LogP contribution < -0.4 is 10.6 Å². The van der Waals surface area contributed by atoms with Gasteiger partial charge < -0.3 is 10.6 Å². The average Bonchev–Trinajstić information content (AvgIpc) is 2.64. The van der Waals surface area contributed by atoms with E-state index in [1.54, 1.807) is 48.5 Å². The number of Topliss-reactive ketones (excluding diaryl/α,β-unsaturated/α-hetero) is 1. The first-order valence-electron chi connectivity index (χ1n) is 8.07. The Labute approximate surface area is 156 Å². The third-order valence-electron chi connectivity index (χ3n) is 3.82. The molecule has 0 aliphatic heterocycles. The fourth-order valence-corrected chi connectivity index (χ4v) is 2.68. The number of halogens is 1. The van der Waals surface area contributed by atoms with Crippen LogP contribution in [0, 0.1) is 0 Å². The van der Waals surface area contributed by atoms with Gasteiger partial charge in [0.15, 0.2) is 5.78 Å². The molecule has 2 N–H and O–H groups in total. The molecule has 0 bridgehead atoms. The summed E-state index contributed by atoms with van der Waals surface area (Å²) < 4.78 is 0. The van der Waals surface area contributed by atoms with Gasteiger partial charge in [-0.2, -0.15) is 0 Å². The summed E-state index contributed by atoms with van der Waals surface area (Å²) in [6, 6.07) is 21.5. The van der Waals surface area contributed by atoms with Crippen LogP contribution >= 0.6 is 11.6 Å². The fraction of sp³-hybridized carbons (Fsp3) is 0.0476. The molecule has 0 fully saturated rings. The van der Waals surface area contributed by atoms with Gasteiger partial charge in [-0.3, -0.25) is 9.59 Å². The number of carbonyl (C=O) groups excluding carboxylic acids is 2. The number of carbonyl (C=O) groups is 2. The standard InChI is InChI=1S/C21H17ClN2O2/c1-14(25)15-5-4-6-18(13-15)23-16-9-11-17(12-10-16)24-21(26)19-7-2-3-8-20(19)22/h2-13,23H,1H3,(H,24,26). The van der Waals surface area contributed by atoms with Gasteiger partial charge in [-0.15, -0.1) is 0 Å². The molecule has 0 aliphatic carbocycles. The van der Waals surface area contributed by atoms with E-state index in [9.17, 15) is 9.59 Å². The van der Waals surface area contributed by atoms with Crippen LogP contribution in [-0.2, 0) is 0 Å². The van der Waals surface area contributed by atoms with Crippen molar-refractivity contribution in [3.63, 3.8) is 0 Å². The van der Waals surface area contributed by atoms with Crippen LogP contribution in [0.3, 0.4) is 0 Å². The highest BCUT2D eigenvalue weighted by molar-refractivity contribution is 6.34. The monoisotopic (exact) mass is 364 g/mol. The van der Waals surface area contributed by atoms with Crippen LogP contribution in [0.4, 0.5) is 17.1 Å². The Kier molecular flexibility index (Phi) is 5.34. The predicted molar refractivity (Wildman–Crippen MR) is 106 cm³/mol. The highest BCUT2D eigenvalue weighted by atomic mass is 35.5. The molecule has 0 unspecified atom stereocenters. The number of benzene rings is 3. The van der Waals surface area contributed by atoms with E-state index in [4.69, 9.17) is 11.6 Å². The number of ketones is 1. The molecule has 0 aliphatic rings. The quantitative estimate of drug-likeness (QED) is 0.584. The van der Waals surface area contributed by atoms with Gasteiger partial charge in [-0.25, -0.2) is 0 Å². The molecule has 3 rings (SSSR count). The molecule has 0 saturated heterocycles. The zero-order chi connectivity index (χ0) is 18.5. The molecule has 1 amide bonds. The molecule has 3 aromatic rings. The number of nitrogens with one attached hydrogen (secondary N) is 2. The lowest BCUT2D eigenvalue weighted by molar-refractivity contribution is 0.101. The minimum absolute atomic E-state index is 0.0197. The largest absolute Gasteiger partial charge is 0.356 e. The maximum atomic E-state index is 12.3. The van der Waals surface area contributed by atoms with Gasteiger partial charge in [0.1, 0.15) is 0 Å². The average molecular weight is 365 g/mol. The lowest BCUT2D eigenvalue weighted by Crippen LogP contribution is -2.12. The molecular formula is C21H17ClN2O2. The summed E-state index contributed by atoms with van der Waals surface area (Å²) in [5.74, 6) is -0.239. The van der Waals surface area contributed by atoms with E-state index in [-0.39, 0.29) is 11.7 Å². The van der Waals surface area contributed by atoms with Crippen LogP contribution in [0.2, 0.25) is 5.02 Å². The highest BCUT2D eigenvalue weighted by Crippen LogP contribution is 2.21. The van der Waals surface area contributed by atoms with Crippen LogP contribution in [0.25, 0.3) is 0 Å². The maximum Gasteiger partial charge on any atom is 0.257 e. The molecule has 0 saturated carbocycles. The summed E-state index contributed by atoms with van der Waals surface area (Å²) >= 11 is 6.04. The molecule has 4 nitrogen and oxygen atoms in total. The predicted octanol–water partition coefficient (Wildman–Crippen LogP) is 5.54. The number of rotatable bonds is 5. The molecule has 0 atom stereocenters. The van der Waals surface area contributed by atoms with Crippen molar-refractivity contribution < 1.29 is 9.59 Å². The highest BCUT2D eigenvalue weighted by Gasteiger charge is 2.09. The smallest absolute Gasteiger partial charge is 0.257 e. The fourth-order valence-electron chi connectivity index (χ4n) is 2.46. The SMILES string of the molecule is CC(=O)c1cccc(Nc2ccc(NC(=O)c3ccccc3Cl)cc2)c1. The lowest BCUT2D eigenvalue weighted by Gasteiger charge is -2.10. The second-order valence-corrected chi connectivity index (χ2v) is 6.18. The van der Waals surface area contributed by atoms with Crippen LogP contribution in [-0.4, -0.2) is 11.7 Å². The zero-order valence-electron chi connectivity index (χ0n) is 14.1. The summed E-state index contributed by atoms with van der Waals surface area (Å²) in [4.78, 5) is 23.7.